The van der Waals surface area contributed by atoms with Crippen LogP contribution < -0.4 is 11.1 Å². The van der Waals surface area contributed by atoms with Gasteiger partial charge in [-0.05, 0) is 18.4 Å². The number of nitrogens with zero attached hydrogens (tertiary/aromatic N) is 2. The molecule has 0 bridgehead atoms. The van der Waals surface area contributed by atoms with Gasteiger partial charge in [-0.1, -0.05) is 11.8 Å². The molecule has 0 radical (unpaired) electrons. The number of nitrogens with one attached hydrogen (secondary N) is 1. The molecule has 2 heterocycles. The van der Waals surface area contributed by atoms with Crippen molar-refractivity contribution in [2.45, 2.75) is 18.1 Å². The highest BCUT2D eigenvalue weighted by atomic mass is 32.2. The topological polar surface area (TPSA) is 124 Å². The first-order chi connectivity index (χ1) is 10.5. The molecule has 10 heteroatoms. The van der Waals surface area contributed by atoms with E-state index in [0.29, 0.717) is 5.03 Å². The van der Waals surface area contributed by atoms with Gasteiger partial charge in [-0.15, -0.1) is 11.3 Å². The number of thioether (sulfide) groups is 1. The molecule has 0 aromatic carbocycles. The Kier molecular flexibility index (Phi) is 5.28. The number of urea groups is 1. The molecule has 1 atom stereocenters. The molecule has 0 spiro atoms. The zero-order valence-electron chi connectivity index (χ0n) is 11.4. The van der Waals surface area contributed by atoms with E-state index in [9.17, 15) is 14.4 Å². The van der Waals surface area contributed by atoms with E-state index in [1.807, 2.05) is 16.8 Å². The maximum Gasteiger partial charge on any atom is 0.318 e. The summed E-state index contributed by atoms with van der Waals surface area (Å²) in [6.45, 7) is 1.35. The number of hydrogen-bond donors (Lipinski definition) is 2. The van der Waals surface area contributed by atoms with Crippen LogP contribution in [0.4, 0.5) is 4.79 Å². The minimum absolute atomic E-state index is 0.0177. The first-order valence-corrected chi connectivity index (χ1v) is 7.94. The summed E-state index contributed by atoms with van der Waals surface area (Å²) in [6.07, 6.45) is 0.322. The Balaban J connectivity index is 1.89. The predicted molar refractivity (Wildman–Crippen MR) is 81.4 cm³/mol. The van der Waals surface area contributed by atoms with Crippen LogP contribution in [0.5, 0.6) is 0 Å². The van der Waals surface area contributed by atoms with Crippen LogP contribution in [-0.2, 0) is 14.3 Å². The molecule has 0 saturated carbocycles. The van der Waals surface area contributed by atoms with Crippen molar-refractivity contribution in [2.24, 2.45) is 5.73 Å². The van der Waals surface area contributed by atoms with Crippen LogP contribution in [0.3, 0.4) is 0 Å². The Morgan fingerprint density at radius 2 is 2.23 bits per heavy atom. The molecule has 2 aromatic heterocycles. The van der Waals surface area contributed by atoms with Gasteiger partial charge in [0.25, 0.3) is 5.91 Å². The van der Waals surface area contributed by atoms with Crippen molar-refractivity contribution in [2.75, 3.05) is 5.75 Å². The van der Waals surface area contributed by atoms with Crippen LogP contribution in [0.15, 0.2) is 22.8 Å². The molecular weight excluding hydrogens is 328 g/mol. The summed E-state index contributed by atoms with van der Waals surface area (Å²) in [5, 5.41) is 5.26. The lowest BCUT2D eigenvalue weighted by atomic mass is 10.4. The van der Waals surface area contributed by atoms with Gasteiger partial charge in [-0.25, -0.2) is 14.8 Å². The van der Waals surface area contributed by atoms with Gasteiger partial charge >= 0.3 is 12.0 Å². The SMILES string of the molecule is C[C@@H](OC(=O)CSc1ncnc2sccc12)C(=O)NC(N)=O. The van der Waals surface area contributed by atoms with Gasteiger partial charge in [0.15, 0.2) is 6.10 Å². The van der Waals surface area contributed by atoms with E-state index < -0.39 is 24.0 Å². The van der Waals surface area contributed by atoms with Crippen molar-refractivity contribution in [3.8, 4) is 0 Å². The number of imide groups is 1. The number of aromatic nitrogens is 2. The average Bonchev–Trinajstić information content (AvgIpc) is 2.93. The number of rotatable bonds is 5. The fourth-order valence-corrected chi connectivity index (χ4v) is 3.08. The Bertz CT molecular complexity index is 718. The van der Waals surface area contributed by atoms with Gasteiger partial charge in [0.1, 0.15) is 16.2 Å². The number of ether oxygens (including phenoxy) is 1. The Morgan fingerprint density at radius 1 is 1.45 bits per heavy atom. The normalized spacial score (nSPS) is 11.9. The highest BCUT2D eigenvalue weighted by Crippen LogP contribution is 2.27. The van der Waals surface area contributed by atoms with Crippen molar-refractivity contribution in [1.29, 1.82) is 0 Å². The highest BCUT2D eigenvalue weighted by molar-refractivity contribution is 8.00. The molecule has 0 saturated heterocycles. The van der Waals surface area contributed by atoms with Gasteiger partial charge in [0.2, 0.25) is 0 Å². The number of thiophene rings is 1. The van der Waals surface area contributed by atoms with Crippen molar-refractivity contribution in [1.82, 2.24) is 15.3 Å². The third-order valence-corrected chi connectivity index (χ3v) is 4.28. The summed E-state index contributed by atoms with van der Waals surface area (Å²) in [4.78, 5) is 42.7. The molecule has 2 rings (SSSR count). The predicted octanol–water partition coefficient (Wildman–Crippen LogP) is 0.910. The van der Waals surface area contributed by atoms with Crippen LogP contribution in [0.1, 0.15) is 6.92 Å². The number of amides is 3. The third-order valence-electron chi connectivity index (χ3n) is 2.48. The maximum atomic E-state index is 11.7. The second-order valence-electron chi connectivity index (χ2n) is 4.09. The summed E-state index contributed by atoms with van der Waals surface area (Å²) in [5.41, 5.74) is 4.81. The van der Waals surface area contributed by atoms with E-state index in [1.165, 1.54) is 36.3 Å². The van der Waals surface area contributed by atoms with Crippen LogP contribution in [0, 0.1) is 0 Å². The molecule has 0 fully saturated rings. The number of hydrogen-bond acceptors (Lipinski definition) is 8. The van der Waals surface area contributed by atoms with Gasteiger partial charge in [-0.2, -0.15) is 0 Å². The molecule has 3 amide bonds. The zero-order chi connectivity index (χ0) is 16.1. The van der Waals surface area contributed by atoms with E-state index in [2.05, 4.69) is 9.97 Å². The number of fused-ring (bicyclic) bond motifs is 1. The lowest BCUT2D eigenvalue weighted by Crippen LogP contribution is -2.42. The van der Waals surface area contributed by atoms with Crippen LogP contribution in [0.25, 0.3) is 10.2 Å². The summed E-state index contributed by atoms with van der Waals surface area (Å²) in [6, 6.07) is 0.875. The Hall–Kier alpha value is -2.20. The second-order valence-corrected chi connectivity index (χ2v) is 5.95. The number of primary amides is 1. The molecule has 2 aromatic rings. The van der Waals surface area contributed by atoms with Crippen LogP contribution >= 0.6 is 23.1 Å². The van der Waals surface area contributed by atoms with Gasteiger partial charge < -0.3 is 10.5 Å². The lowest BCUT2D eigenvalue weighted by Gasteiger charge is -2.11. The smallest absolute Gasteiger partial charge is 0.318 e. The number of carbonyl (C=O) groups excluding carboxylic acids is 3. The minimum Gasteiger partial charge on any atom is -0.452 e. The Morgan fingerprint density at radius 3 is 2.95 bits per heavy atom. The monoisotopic (exact) mass is 340 g/mol. The van der Waals surface area contributed by atoms with E-state index >= 15 is 0 Å². The standard InChI is InChI=1S/C12H12N4O4S2/c1-6(9(18)16-12(13)19)20-8(17)4-22-11-7-2-3-21-10(7)14-5-15-11/h2-3,5-6H,4H2,1H3,(H3,13,16,18,19)/t6-/m1/s1. The molecule has 8 nitrogen and oxygen atoms in total. The number of esters is 1. The third kappa shape index (κ3) is 4.15. The molecule has 3 N–H and O–H groups in total. The first-order valence-electron chi connectivity index (χ1n) is 6.08. The van der Waals surface area contributed by atoms with Crippen molar-refractivity contribution in [3.63, 3.8) is 0 Å². The second kappa shape index (κ2) is 7.18. The summed E-state index contributed by atoms with van der Waals surface area (Å²) in [7, 11) is 0. The highest BCUT2D eigenvalue weighted by Gasteiger charge is 2.19. The summed E-state index contributed by atoms with van der Waals surface area (Å²) >= 11 is 2.67. The zero-order valence-corrected chi connectivity index (χ0v) is 13.1. The quantitative estimate of drug-likeness (QED) is 0.471. The molecule has 22 heavy (non-hydrogen) atoms. The van der Waals surface area contributed by atoms with Gasteiger partial charge in [-0.3, -0.25) is 14.9 Å². The average molecular weight is 340 g/mol. The molecule has 0 unspecified atom stereocenters. The van der Waals surface area contributed by atoms with Crippen molar-refractivity contribution < 1.29 is 19.1 Å². The van der Waals surface area contributed by atoms with E-state index in [-0.39, 0.29) is 5.75 Å². The largest absolute Gasteiger partial charge is 0.452 e. The molecule has 0 aliphatic carbocycles. The Labute approximate surface area is 133 Å². The molecule has 0 aliphatic rings. The van der Waals surface area contributed by atoms with Crippen LogP contribution in [0.2, 0.25) is 0 Å². The van der Waals surface area contributed by atoms with E-state index in [0.717, 1.165) is 10.2 Å². The summed E-state index contributed by atoms with van der Waals surface area (Å²) in [5.74, 6) is -1.39. The van der Waals surface area contributed by atoms with E-state index in [4.69, 9.17) is 10.5 Å². The van der Waals surface area contributed by atoms with Crippen molar-refractivity contribution >= 4 is 51.2 Å². The molecular formula is C12H12N4O4S2. The maximum absolute atomic E-state index is 11.7. The molecule has 0 aliphatic heterocycles. The minimum atomic E-state index is -1.10. The summed E-state index contributed by atoms with van der Waals surface area (Å²) < 4.78 is 4.91. The molecule has 116 valence electrons. The number of carbonyl (C=O) groups is 3. The fourth-order valence-electron chi connectivity index (χ4n) is 1.52. The van der Waals surface area contributed by atoms with Crippen molar-refractivity contribution in [3.05, 3.63) is 17.8 Å². The van der Waals surface area contributed by atoms with Gasteiger partial charge in [0, 0.05) is 5.39 Å². The first kappa shape index (κ1) is 16.2. The lowest BCUT2D eigenvalue weighted by molar-refractivity contribution is -0.151. The van der Waals surface area contributed by atoms with E-state index in [1.54, 1.807) is 0 Å². The number of nitrogens with two attached hydrogens (primary N) is 1. The van der Waals surface area contributed by atoms with Gasteiger partial charge in [0.05, 0.1) is 5.75 Å². The fraction of sp³-hybridized carbons (Fsp3) is 0.250. The van der Waals surface area contributed by atoms with Crippen LogP contribution in [-0.4, -0.2) is 39.7 Å².